The van der Waals surface area contributed by atoms with Crippen molar-refractivity contribution in [2.75, 3.05) is 6.54 Å². The predicted octanol–water partition coefficient (Wildman–Crippen LogP) is 2.83. The molecule has 82 valence electrons. The van der Waals surface area contributed by atoms with Crippen LogP contribution >= 0.6 is 0 Å². The van der Waals surface area contributed by atoms with Gasteiger partial charge in [0.05, 0.1) is 11.8 Å². The van der Waals surface area contributed by atoms with Gasteiger partial charge in [-0.1, -0.05) is 13.8 Å². The topological polar surface area (TPSA) is 25.2 Å². The molecule has 2 aliphatic rings. The van der Waals surface area contributed by atoms with Crippen molar-refractivity contribution in [3.05, 3.63) is 23.7 Å². The van der Waals surface area contributed by atoms with E-state index in [0.29, 0.717) is 5.41 Å². The zero-order valence-electron chi connectivity index (χ0n) is 9.60. The highest BCUT2D eigenvalue weighted by molar-refractivity contribution is 5.30. The first-order valence-corrected chi connectivity index (χ1v) is 5.93. The van der Waals surface area contributed by atoms with Gasteiger partial charge >= 0.3 is 0 Å². The molecule has 0 amide bonds. The Morgan fingerprint density at radius 2 is 2.20 bits per heavy atom. The minimum atomic E-state index is 0.153. The summed E-state index contributed by atoms with van der Waals surface area (Å²) in [6, 6.07) is 2.14. The molecule has 0 aromatic carbocycles. The van der Waals surface area contributed by atoms with E-state index >= 15 is 0 Å². The minimum absolute atomic E-state index is 0.153. The molecule has 2 nitrogen and oxygen atoms in total. The number of nitrogens with one attached hydrogen (secondary N) is 1. The van der Waals surface area contributed by atoms with Gasteiger partial charge in [0.2, 0.25) is 0 Å². The van der Waals surface area contributed by atoms with Gasteiger partial charge in [-0.15, -0.1) is 0 Å². The van der Waals surface area contributed by atoms with Gasteiger partial charge in [-0.25, -0.2) is 0 Å². The summed E-state index contributed by atoms with van der Waals surface area (Å²) in [5, 5.41) is 3.70. The predicted molar refractivity (Wildman–Crippen MR) is 59.7 cm³/mol. The highest BCUT2D eigenvalue weighted by atomic mass is 16.3. The summed E-state index contributed by atoms with van der Waals surface area (Å²) in [7, 11) is 0. The highest BCUT2D eigenvalue weighted by Gasteiger charge is 2.48. The maximum atomic E-state index is 5.72. The quantitative estimate of drug-likeness (QED) is 0.704. The molecule has 1 N–H and O–H groups in total. The molecule has 1 aliphatic carbocycles. The van der Waals surface area contributed by atoms with Crippen LogP contribution in [0.4, 0.5) is 0 Å². The van der Waals surface area contributed by atoms with Crippen molar-refractivity contribution in [3.63, 3.8) is 0 Å². The van der Waals surface area contributed by atoms with E-state index in [4.69, 9.17) is 4.42 Å². The van der Waals surface area contributed by atoms with Gasteiger partial charge in [-0.3, -0.25) is 0 Å². The summed E-state index contributed by atoms with van der Waals surface area (Å²) < 4.78 is 5.72. The monoisotopic (exact) mass is 205 g/mol. The molecule has 0 bridgehead atoms. The Hall–Kier alpha value is -0.760. The summed E-state index contributed by atoms with van der Waals surface area (Å²) in [5.41, 5.74) is 2.03. The van der Waals surface area contributed by atoms with Crippen molar-refractivity contribution in [1.82, 2.24) is 5.32 Å². The summed E-state index contributed by atoms with van der Waals surface area (Å²) in [6.45, 7) is 5.82. The second kappa shape index (κ2) is 2.88. The van der Waals surface area contributed by atoms with Crippen molar-refractivity contribution in [3.8, 4) is 0 Å². The average Bonchev–Trinajstić information content (AvgIpc) is 2.73. The van der Waals surface area contributed by atoms with Gasteiger partial charge in [0.15, 0.2) is 0 Å². The second-order valence-electron chi connectivity index (χ2n) is 5.87. The molecule has 1 atom stereocenters. The molecule has 1 spiro atoms. The number of rotatable bonds is 0. The van der Waals surface area contributed by atoms with Crippen LogP contribution in [0.1, 0.15) is 44.4 Å². The maximum absolute atomic E-state index is 5.72. The van der Waals surface area contributed by atoms with Gasteiger partial charge in [-0.2, -0.15) is 0 Å². The van der Waals surface area contributed by atoms with Crippen LogP contribution in [-0.4, -0.2) is 6.54 Å². The van der Waals surface area contributed by atoms with Crippen molar-refractivity contribution in [1.29, 1.82) is 0 Å². The fourth-order valence-corrected chi connectivity index (χ4v) is 3.36. The molecular formula is C13H19NO. The molecule has 1 aromatic heterocycles. The molecule has 0 saturated heterocycles. The Morgan fingerprint density at radius 3 is 2.93 bits per heavy atom. The van der Waals surface area contributed by atoms with E-state index in [9.17, 15) is 0 Å². The fraction of sp³-hybridized carbons (Fsp3) is 0.692. The van der Waals surface area contributed by atoms with E-state index in [0.717, 1.165) is 13.0 Å². The van der Waals surface area contributed by atoms with Crippen LogP contribution in [0, 0.1) is 5.41 Å². The Morgan fingerprint density at radius 1 is 1.33 bits per heavy atom. The molecule has 15 heavy (non-hydrogen) atoms. The van der Waals surface area contributed by atoms with E-state index in [1.807, 2.05) is 6.26 Å². The van der Waals surface area contributed by atoms with Gasteiger partial charge in [-0.05, 0) is 42.7 Å². The molecule has 3 rings (SSSR count). The fourth-order valence-electron chi connectivity index (χ4n) is 3.36. The first-order valence-electron chi connectivity index (χ1n) is 5.93. The van der Waals surface area contributed by atoms with Crippen LogP contribution in [0.2, 0.25) is 0 Å². The Balaban J connectivity index is 2.02. The molecule has 1 fully saturated rings. The summed E-state index contributed by atoms with van der Waals surface area (Å²) in [4.78, 5) is 0. The third kappa shape index (κ3) is 1.35. The molecule has 1 aromatic rings. The number of fused-ring (bicyclic) bond motifs is 2. The SMILES string of the molecule is CC1(C)CCC2(C1)NCCc1ccoc12. The van der Waals surface area contributed by atoms with Crippen molar-refractivity contribution in [2.45, 2.75) is 45.1 Å². The van der Waals surface area contributed by atoms with Gasteiger partial charge in [0.1, 0.15) is 5.76 Å². The Bertz CT molecular complexity index is 380. The average molecular weight is 205 g/mol. The van der Waals surface area contributed by atoms with Crippen LogP contribution in [0.15, 0.2) is 16.7 Å². The van der Waals surface area contributed by atoms with Gasteiger partial charge in [0, 0.05) is 6.54 Å². The first-order chi connectivity index (χ1) is 7.11. The lowest BCUT2D eigenvalue weighted by molar-refractivity contribution is 0.232. The maximum Gasteiger partial charge on any atom is 0.127 e. The van der Waals surface area contributed by atoms with Crippen molar-refractivity contribution >= 4 is 0 Å². The van der Waals surface area contributed by atoms with E-state index in [-0.39, 0.29) is 5.54 Å². The molecule has 2 heterocycles. The number of hydrogen-bond acceptors (Lipinski definition) is 2. The number of hydrogen-bond donors (Lipinski definition) is 1. The second-order valence-corrected chi connectivity index (χ2v) is 5.87. The minimum Gasteiger partial charge on any atom is -0.467 e. The van der Waals surface area contributed by atoms with E-state index < -0.39 is 0 Å². The van der Waals surface area contributed by atoms with E-state index in [1.54, 1.807) is 0 Å². The molecule has 1 unspecified atom stereocenters. The summed E-state index contributed by atoms with van der Waals surface area (Å²) >= 11 is 0. The zero-order chi connectivity index (χ0) is 10.5. The molecular weight excluding hydrogens is 186 g/mol. The Kier molecular flexibility index (Phi) is 1.82. The highest BCUT2D eigenvalue weighted by Crippen LogP contribution is 2.50. The van der Waals surface area contributed by atoms with Crippen molar-refractivity contribution in [2.24, 2.45) is 5.41 Å². The van der Waals surface area contributed by atoms with Crippen molar-refractivity contribution < 1.29 is 4.42 Å². The smallest absolute Gasteiger partial charge is 0.127 e. The third-order valence-electron chi connectivity index (χ3n) is 4.05. The lowest BCUT2D eigenvalue weighted by Crippen LogP contribution is -2.45. The van der Waals surface area contributed by atoms with Crippen LogP contribution < -0.4 is 5.32 Å². The molecule has 2 heteroatoms. The van der Waals surface area contributed by atoms with E-state index in [1.165, 1.54) is 30.6 Å². The summed E-state index contributed by atoms with van der Waals surface area (Å²) in [6.07, 6.45) is 6.69. The lowest BCUT2D eigenvalue weighted by Gasteiger charge is -2.34. The normalized spacial score (nSPS) is 33.2. The zero-order valence-corrected chi connectivity index (χ0v) is 9.60. The molecule has 1 saturated carbocycles. The van der Waals surface area contributed by atoms with Gasteiger partial charge in [0.25, 0.3) is 0 Å². The summed E-state index contributed by atoms with van der Waals surface area (Å²) in [5.74, 6) is 1.22. The van der Waals surface area contributed by atoms with Crippen LogP contribution in [0.5, 0.6) is 0 Å². The number of furan rings is 1. The molecule has 0 radical (unpaired) electrons. The standard InChI is InChI=1S/C13H19NO/c1-12(2)5-6-13(9-12)11-10(3-7-14-13)4-8-15-11/h4,8,14H,3,5-7,9H2,1-2H3. The molecule has 1 aliphatic heterocycles. The van der Waals surface area contributed by atoms with E-state index in [2.05, 4.69) is 25.2 Å². The van der Waals surface area contributed by atoms with Crippen LogP contribution in [0.3, 0.4) is 0 Å². The Labute approximate surface area is 91.0 Å². The third-order valence-corrected chi connectivity index (χ3v) is 4.05. The first kappa shape index (κ1) is 9.46. The van der Waals surface area contributed by atoms with Gasteiger partial charge < -0.3 is 9.73 Å². The largest absolute Gasteiger partial charge is 0.467 e. The van der Waals surface area contributed by atoms with Crippen LogP contribution in [-0.2, 0) is 12.0 Å². The lowest BCUT2D eigenvalue weighted by atomic mass is 9.83. The van der Waals surface area contributed by atoms with Crippen LogP contribution in [0.25, 0.3) is 0 Å².